The quantitative estimate of drug-likeness (QED) is 0.902. The number of para-hydroxylation sites is 1. The smallest absolute Gasteiger partial charge is 0.367 e. The molecular formula is C19H19F3N2O. The van der Waals surface area contributed by atoms with Crippen LogP contribution in [0.5, 0.6) is 0 Å². The van der Waals surface area contributed by atoms with Gasteiger partial charge in [0.15, 0.2) is 0 Å². The highest BCUT2D eigenvalue weighted by atomic mass is 19.4. The maximum atomic E-state index is 13.0. The molecule has 0 aliphatic carbocycles. The van der Waals surface area contributed by atoms with E-state index in [0.29, 0.717) is 6.54 Å². The molecule has 132 valence electrons. The number of hydrogen-bond acceptors (Lipinski definition) is 2. The lowest BCUT2D eigenvalue weighted by atomic mass is 10.1. The average molecular weight is 348 g/mol. The van der Waals surface area contributed by atoms with Crippen LogP contribution in [0.1, 0.15) is 28.8 Å². The zero-order chi connectivity index (χ0) is 17.9. The first kappa shape index (κ1) is 17.3. The van der Waals surface area contributed by atoms with Crippen LogP contribution in [-0.2, 0) is 6.18 Å². The number of nitrogens with zero attached hydrogens (tertiary/aromatic N) is 1. The van der Waals surface area contributed by atoms with E-state index < -0.39 is 17.6 Å². The van der Waals surface area contributed by atoms with Gasteiger partial charge in [0.25, 0.3) is 5.91 Å². The van der Waals surface area contributed by atoms with Gasteiger partial charge in [0.1, 0.15) is 0 Å². The van der Waals surface area contributed by atoms with Crippen LogP contribution in [0.3, 0.4) is 0 Å². The lowest BCUT2D eigenvalue weighted by molar-refractivity contribution is -0.137. The fourth-order valence-electron chi connectivity index (χ4n) is 3.24. The van der Waals surface area contributed by atoms with Gasteiger partial charge in [0.2, 0.25) is 0 Å². The molecule has 2 aromatic rings. The second-order valence-corrected chi connectivity index (χ2v) is 6.08. The highest BCUT2D eigenvalue weighted by Gasteiger charge is 2.35. The Morgan fingerprint density at radius 3 is 2.48 bits per heavy atom. The molecule has 1 amide bonds. The minimum atomic E-state index is -4.54. The molecule has 1 aliphatic heterocycles. The van der Waals surface area contributed by atoms with Crippen molar-refractivity contribution in [1.29, 1.82) is 0 Å². The van der Waals surface area contributed by atoms with E-state index in [4.69, 9.17) is 0 Å². The third-order valence-electron chi connectivity index (χ3n) is 4.44. The van der Waals surface area contributed by atoms with E-state index >= 15 is 0 Å². The Morgan fingerprint density at radius 2 is 1.76 bits per heavy atom. The fraction of sp³-hybridized carbons (Fsp3) is 0.316. The van der Waals surface area contributed by atoms with Crippen molar-refractivity contribution < 1.29 is 18.0 Å². The molecule has 2 aromatic carbocycles. The predicted octanol–water partition coefficient (Wildman–Crippen LogP) is 4.10. The van der Waals surface area contributed by atoms with Gasteiger partial charge in [-0.2, -0.15) is 13.2 Å². The van der Waals surface area contributed by atoms with Gasteiger partial charge in [-0.15, -0.1) is 0 Å². The molecule has 0 radical (unpaired) electrons. The monoisotopic (exact) mass is 348 g/mol. The highest BCUT2D eigenvalue weighted by Crippen LogP contribution is 2.32. The maximum absolute atomic E-state index is 13.0. The summed E-state index contributed by atoms with van der Waals surface area (Å²) in [6.07, 6.45) is -2.65. The second kappa shape index (κ2) is 7.17. The maximum Gasteiger partial charge on any atom is 0.417 e. The summed E-state index contributed by atoms with van der Waals surface area (Å²) in [5, 5.41) is 2.67. The van der Waals surface area contributed by atoms with Crippen LogP contribution in [0.15, 0.2) is 54.6 Å². The van der Waals surface area contributed by atoms with Gasteiger partial charge in [-0.1, -0.05) is 30.3 Å². The molecule has 25 heavy (non-hydrogen) atoms. The summed E-state index contributed by atoms with van der Waals surface area (Å²) in [4.78, 5) is 14.5. The van der Waals surface area contributed by atoms with E-state index in [1.54, 1.807) is 0 Å². The Balaban J connectivity index is 1.69. The van der Waals surface area contributed by atoms with Crippen molar-refractivity contribution in [3.63, 3.8) is 0 Å². The number of carbonyl (C=O) groups excluding carboxylic acids is 1. The number of halogens is 3. The number of nitrogens with one attached hydrogen (secondary N) is 1. The summed E-state index contributed by atoms with van der Waals surface area (Å²) in [6, 6.07) is 14.8. The van der Waals surface area contributed by atoms with Gasteiger partial charge in [0.05, 0.1) is 11.1 Å². The topological polar surface area (TPSA) is 32.3 Å². The zero-order valence-corrected chi connectivity index (χ0v) is 13.6. The molecule has 0 saturated carbocycles. The second-order valence-electron chi connectivity index (χ2n) is 6.08. The van der Waals surface area contributed by atoms with Gasteiger partial charge in [-0.3, -0.25) is 4.79 Å². The Bertz CT molecular complexity index is 731. The Kier molecular flexibility index (Phi) is 4.97. The molecule has 0 bridgehead atoms. The summed E-state index contributed by atoms with van der Waals surface area (Å²) < 4.78 is 39.1. The molecule has 1 N–H and O–H groups in total. The van der Waals surface area contributed by atoms with Crippen LogP contribution in [0.2, 0.25) is 0 Å². The Hall–Kier alpha value is -2.50. The SMILES string of the molecule is O=C(NCC1CCCN1c1ccccc1)c1ccccc1C(F)(F)F. The lowest BCUT2D eigenvalue weighted by Gasteiger charge is -2.27. The molecule has 1 fully saturated rings. The van der Waals surface area contributed by atoms with Crippen molar-refractivity contribution in [2.75, 3.05) is 18.0 Å². The number of hydrogen-bond donors (Lipinski definition) is 1. The Labute approximate surface area is 144 Å². The lowest BCUT2D eigenvalue weighted by Crippen LogP contribution is -2.40. The highest BCUT2D eigenvalue weighted by molar-refractivity contribution is 5.95. The molecule has 6 heteroatoms. The van der Waals surface area contributed by atoms with Gasteiger partial charge in [-0.05, 0) is 37.1 Å². The number of alkyl halides is 3. The first-order chi connectivity index (χ1) is 12.0. The number of benzene rings is 2. The van der Waals surface area contributed by atoms with Gasteiger partial charge < -0.3 is 10.2 Å². The van der Waals surface area contributed by atoms with Gasteiger partial charge >= 0.3 is 6.18 Å². The number of anilines is 1. The van der Waals surface area contributed by atoms with E-state index in [0.717, 1.165) is 31.1 Å². The van der Waals surface area contributed by atoms with E-state index in [1.807, 2.05) is 30.3 Å². The van der Waals surface area contributed by atoms with E-state index in [-0.39, 0.29) is 11.6 Å². The van der Waals surface area contributed by atoms with Crippen molar-refractivity contribution in [2.24, 2.45) is 0 Å². The van der Waals surface area contributed by atoms with Crippen molar-refractivity contribution >= 4 is 11.6 Å². The zero-order valence-electron chi connectivity index (χ0n) is 13.6. The summed E-state index contributed by atoms with van der Waals surface area (Å²) in [6.45, 7) is 1.20. The summed E-state index contributed by atoms with van der Waals surface area (Å²) >= 11 is 0. The van der Waals surface area contributed by atoms with Crippen LogP contribution < -0.4 is 10.2 Å². The molecule has 1 saturated heterocycles. The normalized spacial score (nSPS) is 17.6. The predicted molar refractivity (Wildman–Crippen MR) is 90.6 cm³/mol. The molecule has 0 aromatic heterocycles. The summed E-state index contributed by atoms with van der Waals surface area (Å²) in [5.74, 6) is -0.687. The molecular weight excluding hydrogens is 329 g/mol. The third-order valence-corrected chi connectivity index (χ3v) is 4.44. The van der Waals surface area contributed by atoms with Crippen molar-refractivity contribution in [3.05, 3.63) is 65.7 Å². The Morgan fingerprint density at radius 1 is 1.08 bits per heavy atom. The summed E-state index contributed by atoms with van der Waals surface area (Å²) in [7, 11) is 0. The van der Waals surface area contributed by atoms with Crippen molar-refractivity contribution in [3.8, 4) is 0 Å². The molecule has 1 heterocycles. The van der Waals surface area contributed by atoms with Gasteiger partial charge in [-0.25, -0.2) is 0 Å². The average Bonchev–Trinajstić information content (AvgIpc) is 3.08. The van der Waals surface area contributed by atoms with Crippen molar-refractivity contribution in [1.82, 2.24) is 5.32 Å². The fourth-order valence-corrected chi connectivity index (χ4v) is 3.24. The third kappa shape index (κ3) is 3.95. The molecule has 1 aliphatic rings. The van der Waals surface area contributed by atoms with Gasteiger partial charge in [0, 0.05) is 24.8 Å². The molecule has 3 nitrogen and oxygen atoms in total. The largest absolute Gasteiger partial charge is 0.417 e. The van der Waals surface area contributed by atoms with E-state index in [9.17, 15) is 18.0 Å². The van der Waals surface area contributed by atoms with E-state index in [2.05, 4.69) is 10.2 Å². The standard InChI is InChI=1S/C19H19F3N2O/c20-19(21,22)17-11-5-4-10-16(17)18(25)23-13-15-9-6-12-24(15)14-7-2-1-3-8-14/h1-5,7-8,10-11,15H,6,9,12-13H2,(H,23,25). The number of amides is 1. The van der Waals surface area contributed by atoms with Crippen LogP contribution in [0, 0.1) is 0 Å². The molecule has 0 spiro atoms. The van der Waals surface area contributed by atoms with Crippen LogP contribution in [0.4, 0.5) is 18.9 Å². The first-order valence-corrected chi connectivity index (χ1v) is 8.23. The minimum Gasteiger partial charge on any atom is -0.367 e. The van der Waals surface area contributed by atoms with E-state index in [1.165, 1.54) is 18.2 Å². The molecule has 1 atom stereocenters. The summed E-state index contributed by atoms with van der Waals surface area (Å²) in [5.41, 5.74) is -0.173. The molecule has 3 rings (SSSR count). The molecule has 1 unspecified atom stereocenters. The van der Waals surface area contributed by atoms with Crippen LogP contribution in [-0.4, -0.2) is 25.0 Å². The van der Waals surface area contributed by atoms with Crippen LogP contribution >= 0.6 is 0 Å². The minimum absolute atomic E-state index is 0.0874. The number of carbonyl (C=O) groups is 1. The first-order valence-electron chi connectivity index (χ1n) is 8.23. The van der Waals surface area contributed by atoms with Crippen molar-refractivity contribution in [2.45, 2.75) is 25.1 Å². The van der Waals surface area contributed by atoms with Crippen LogP contribution in [0.25, 0.3) is 0 Å². The number of rotatable bonds is 4.